The van der Waals surface area contributed by atoms with E-state index >= 15 is 0 Å². The molecule has 0 radical (unpaired) electrons. The van der Waals surface area contributed by atoms with Gasteiger partial charge in [-0.3, -0.25) is 0 Å². The Labute approximate surface area is 113 Å². The minimum Gasteiger partial charge on any atom is -0.462 e. The molecule has 1 atom stereocenters. The highest BCUT2D eigenvalue weighted by molar-refractivity contribution is 5.89. The molecule has 1 aromatic carbocycles. The summed E-state index contributed by atoms with van der Waals surface area (Å²) in [5.74, 6) is 0.431. The van der Waals surface area contributed by atoms with Crippen molar-refractivity contribution < 1.29 is 19.0 Å². The van der Waals surface area contributed by atoms with Gasteiger partial charge in [-0.15, -0.1) is 0 Å². The van der Waals surface area contributed by atoms with Crippen molar-refractivity contribution in [3.05, 3.63) is 35.9 Å². The number of ether oxygens (including phenoxy) is 3. The third-order valence-corrected chi connectivity index (χ3v) is 2.91. The van der Waals surface area contributed by atoms with Gasteiger partial charge in [0, 0.05) is 7.11 Å². The zero-order valence-corrected chi connectivity index (χ0v) is 11.2. The second-order valence-corrected chi connectivity index (χ2v) is 4.82. The van der Waals surface area contributed by atoms with Gasteiger partial charge in [0.25, 0.3) is 0 Å². The predicted octanol–water partition coefficient (Wildman–Crippen LogP) is 2.29. The van der Waals surface area contributed by atoms with Crippen molar-refractivity contribution in [2.24, 2.45) is 5.92 Å². The maximum Gasteiger partial charge on any atom is 0.338 e. The van der Waals surface area contributed by atoms with E-state index in [1.165, 1.54) is 12.8 Å². The van der Waals surface area contributed by atoms with E-state index in [9.17, 15) is 4.79 Å². The molecule has 0 amide bonds. The Bertz CT molecular complexity index is 382. The lowest BCUT2D eigenvalue weighted by atomic mass is 10.2. The van der Waals surface area contributed by atoms with Gasteiger partial charge in [0.1, 0.15) is 6.10 Å². The van der Waals surface area contributed by atoms with Crippen LogP contribution >= 0.6 is 0 Å². The number of hydrogen-bond acceptors (Lipinski definition) is 4. The second-order valence-electron chi connectivity index (χ2n) is 4.82. The van der Waals surface area contributed by atoms with E-state index < -0.39 is 0 Å². The van der Waals surface area contributed by atoms with Crippen LogP contribution < -0.4 is 0 Å². The molecule has 1 aliphatic heterocycles. The van der Waals surface area contributed by atoms with Crippen molar-refractivity contribution in [2.45, 2.75) is 18.9 Å². The van der Waals surface area contributed by atoms with Gasteiger partial charge in [-0.25, -0.2) is 4.79 Å². The number of esters is 1. The van der Waals surface area contributed by atoms with Crippen molar-refractivity contribution in [2.75, 3.05) is 26.9 Å². The Morgan fingerprint density at radius 1 is 1.26 bits per heavy atom. The first kappa shape index (κ1) is 14.0. The van der Waals surface area contributed by atoms with Crippen LogP contribution in [-0.2, 0) is 14.2 Å². The Morgan fingerprint density at radius 3 is 2.42 bits per heavy atom. The highest BCUT2D eigenvalue weighted by atomic mass is 16.6. The first-order valence-electron chi connectivity index (χ1n) is 6.62. The fourth-order valence-electron chi connectivity index (χ4n) is 1.49. The molecule has 2 aliphatic rings. The highest BCUT2D eigenvalue weighted by Crippen LogP contribution is 2.29. The molecule has 0 aromatic heterocycles. The van der Waals surface area contributed by atoms with Gasteiger partial charge in [-0.2, -0.15) is 0 Å². The van der Waals surface area contributed by atoms with Gasteiger partial charge in [-0.1, -0.05) is 18.2 Å². The number of carbonyl (C=O) groups excluding carboxylic acids is 1. The Hall–Kier alpha value is -1.39. The van der Waals surface area contributed by atoms with Crippen molar-refractivity contribution in [1.82, 2.24) is 0 Å². The highest BCUT2D eigenvalue weighted by Gasteiger charge is 2.23. The molecule has 1 heterocycles. The molecule has 0 N–H and O–H groups in total. The smallest absolute Gasteiger partial charge is 0.338 e. The summed E-state index contributed by atoms with van der Waals surface area (Å²) in [7, 11) is 1.68. The molecular formula is C15H20O4. The standard InChI is InChI=1S/C11H12O2.C4H8O2/c12-11(13-8-9-6-7-9)10-4-2-1-3-5-10;1-5-2-4-3-6-4/h1-5,9H,6-8H2;4H,2-3H2,1H3. The molecular weight excluding hydrogens is 244 g/mol. The number of epoxide rings is 1. The van der Waals surface area contributed by atoms with E-state index in [4.69, 9.17) is 14.2 Å². The van der Waals surface area contributed by atoms with E-state index in [1.54, 1.807) is 19.2 Å². The van der Waals surface area contributed by atoms with Crippen LogP contribution in [0.3, 0.4) is 0 Å². The predicted molar refractivity (Wildman–Crippen MR) is 71.1 cm³/mol. The van der Waals surface area contributed by atoms with E-state index in [-0.39, 0.29) is 5.97 Å². The van der Waals surface area contributed by atoms with Gasteiger partial charge in [0.2, 0.25) is 0 Å². The van der Waals surface area contributed by atoms with Crippen molar-refractivity contribution >= 4 is 5.97 Å². The fraction of sp³-hybridized carbons (Fsp3) is 0.533. The summed E-state index contributed by atoms with van der Waals surface area (Å²) in [6.07, 6.45) is 2.85. The van der Waals surface area contributed by atoms with Gasteiger partial charge in [-0.05, 0) is 30.9 Å². The van der Waals surface area contributed by atoms with Gasteiger partial charge < -0.3 is 14.2 Å². The molecule has 104 valence electrons. The summed E-state index contributed by atoms with van der Waals surface area (Å²) in [6.45, 7) is 2.25. The molecule has 3 rings (SSSR count). The molecule has 1 aromatic rings. The number of rotatable bonds is 5. The van der Waals surface area contributed by atoms with E-state index in [0.29, 0.717) is 24.2 Å². The number of carbonyl (C=O) groups is 1. The van der Waals surface area contributed by atoms with Crippen LogP contribution in [0.5, 0.6) is 0 Å². The largest absolute Gasteiger partial charge is 0.462 e. The average Bonchev–Trinajstić information content (AvgIpc) is 3.32. The molecule has 4 nitrogen and oxygen atoms in total. The Kier molecular flexibility index (Phi) is 5.36. The summed E-state index contributed by atoms with van der Waals surface area (Å²) in [6, 6.07) is 9.11. The normalized spacial score (nSPS) is 20.2. The quantitative estimate of drug-likeness (QED) is 0.604. The minimum absolute atomic E-state index is 0.201. The number of methoxy groups -OCH3 is 1. The topological polar surface area (TPSA) is 48.1 Å². The molecule has 2 fully saturated rings. The van der Waals surface area contributed by atoms with Crippen LogP contribution in [-0.4, -0.2) is 39.0 Å². The maximum absolute atomic E-state index is 11.4. The molecule has 1 aliphatic carbocycles. The van der Waals surface area contributed by atoms with Crippen LogP contribution in [0.2, 0.25) is 0 Å². The zero-order chi connectivity index (χ0) is 13.5. The zero-order valence-electron chi connectivity index (χ0n) is 11.2. The lowest BCUT2D eigenvalue weighted by Crippen LogP contribution is -2.06. The fourth-order valence-corrected chi connectivity index (χ4v) is 1.49. The van der Waals surface area contributed by atoms with Gasteiger partial charge in [0.05, 0.1) is 25.4 Å². The summed E-state index contributed by atoms with van der Waals surface area (Å²) in [4.78, 5) is 11.4. The average molecular weight is 264 g/mol. The molecule has 4 heteroatoms. The Morgan fingerprint density at radius 2 is 1.95 bits per heavy atom. The van der Waals surface area contributed by atoms with Crippen LogP contribution in [0.1, 0.15) is 23.2 Å². The Balaban J connectivity index is 0.000000186. The van der Waals surface area contributed by atoms with Crippen LogP contribution in [0.4, 0.5) is 0 Å². The van der Waals surface area contributed by atoms with Crippen LogP contribution in [0.25, 0.3) is 0 Å². The summed E-state index contributed by atoms with van der Waals surface area (Å²) < 4.78 is 14.7. The third kappa shape index (κ3) is 5.85. The van der Waals surface area contributed by atoms with Crippen molar-refractivity contribution in [3.8, 4) is 0 Å². The molecule has 1 saturated carbocycles. The van der Waals surface area contributed by atoms with E-state index in [0.717, 1.165) is 13.2 Å². The minimum atomic E-state index is -0.201. The van der Waals surface area contributed by atoms with Crippen LogP contribution in [0, 0.1) is 5.92 Å². The second kappa shape index (κ2) is 7.26. The lowest BCUT2D eigenvalue weighted by Gasteiger charge is -2.02. The van der Waals surface area contributed by atoms with Crippen molar-refractivity contribution in [1.29, 1.82) is 0 Å². The summed E-state index contributed by atoms with van der Waals surface area (Å²) >= 11 is 0. The summed E-state index contributed by atoms with van der Waals surface area (Å²) in [5, 5.41) is 0. The SMILES string of the molecule is COCC1CO1.O=C(OCC1CC1)c1ccccc1. The van der Waals surface area contributed by atoms with Crippen molar-refractivity contribution in [3.63, 3.8) is 0 Å². The first-order chi connectivity index (χ1) is 9.29. The number of hydrogen-bond donors (Lipinski definition) is 0. The third-order valence-electron chi connectivity index (χ3n) is 2.91. The molecule has 1 saturated heterocycles. The van der Waals surface area contributed by atoms with Crippen LogP contribution in [0.15, 0.2) is 30.3 Å². The number of benzene rings is 1. The summed E-state index contributed by atoms with van der Waals surface area (Å²) in [5.41, 5.74) is 0.642. The van der Waals surface area contributed by atoms with Gasteiger partial charge >= 0.3 is 5.97 Å². The molecule has 0 spiro atoms. The van der Waals surface area contributed by atoms with E-state index in [2.05, 4.69) is 0 Å². The first-order valence-corrected chi connectivity index (χ1v) is 6.62. The van der Waals surface area contributed by atoms with Gasteiger partial charge in [0.15, 0.2) is 0 Å². The lowest BCUT2D eigenvalue weighted by molar-refractivity contribution is 0.0486. The molecule has 0 bridgehead atoms. The molecule has 19 heavy (non-hydrogen) atoms. The monoisotopic (exact) mass is 264 g/mol. The van der Waals surface area contributed by atoms with E-state index in [1.807, 2.05) is 18.2 Å². The maximum atomic E-state index is 11.4. The molecule has 1 unspecified atom stereocenters.